The molecule has 0 unspecified atom stereocenters. The van der Waals surface area contributed by atoms with E-state index in [9.17, 15) is 9.59 Å². The van der Waals surface area contributed by atoms with Gasteiger partial charge >= 0.3 is 0 Å². The molecule has 0 fully saturated rings. The number of carbonyl (C=O) groups excluding carboxylic acids is 2. The Kier molecular flexibility index (Phi) is 5.64. The number of hydrogen-bond acceptors (Lipinski definition) is 7. The van der Waals surface area contributed by atoms with Crippen LogP contribution in [0.2, 0.25) is 0 Å². The number of ether oxygens (including phenoxy) is 3. The fourth-order valence-electron chi connectivity index (χ4n) is 4.68. The van der Waals surface area contributed by atoms with Crippen molar-refractivity contribution >= 4 is 23.1 Å². The average Bonchev–Trinajstić information content (AvgIpc) is 3.42. The smallest absolute Gasteiger partial charge is 0.277 e. The molecule has 178 valence electrons. The molecule has 0 saturated heterocycles. The molecule has 2 aliphatic rings. The lowest BCUT2D eigenvalue weighted by Crippen LogP contribution is -2.46. The number of para-hydroxylation sites is 2. The largest absolute Gasteiger partial charge is 0.497 e. The summed E-state index contributed by atoms with van der Waals surface area (Å²) in [4.78, 5) is 33.7. The summed E-state index contributed by atoms with van der Waals surface area (Å²) >= 11 is 0. The molecule has 0 aliphatic carbocycles. The third-order valence-corrected chi connectivity index (χ3v) is 6.28. The summed E-state index contributed by atoms with van der Waals surface area (Å²) in [7, 11) is 3.07. The van der Waals surface area contributed by atoms with Gasteiger partial charge in [-0.1, -0.05) is 35.5 Å². The molecule has 1 N–H and O–H groups in total. The fraction of sp³-hybridized carbons (Fsp3) is 0.222. The number of ketones is 1. The van der Waals surface area contributed by atoms with Crippen LogP contribution in [0, 0.1) is 5.92 Å². The van der Waals surface area contributed by atoms with Crippen LogP contribution < -0.4 is 19.5 Å². The average molecular weight is 472 g/mol. The predicted molar refractivity (Wildman–Crippen MR) is 129 cm³/mol. The van der Waals surface area contributed by atoms with Gasteiger partial charge in [0.05, 0.1) is 26.4 Å². The molecule has 5 rings (SSSR count). The molecule has 1 amide bonds. The van der Waals surface area contributed by atoms with Crippen molar-refractivity contribution in [3.63, 3.8) is 0 Å². The number of carbonyl (C=O) groups is 2. The maximum atomic E-state index is 14.3. The number of amides is 1. The first-order valence-corrected chi connectivity index (χ1v) is 11.2. The van der Waals surface area contributed by atoms with E-state index in [2.05, 4.69) is 10.5 Å². The highest BCUT2D eigenvalue weighted by molar-refractivity contribution is 6.25. The second-order valence-electron chi connectivity index (χ2n) is 8.10. The number of nitrogens with one attached hydrogen (secondary N) is 1. The molecule has 35 heavy (non-hydrogen) atoms. The van der Waals surface area contributed by atoms with Gasteiger partial charge < -0.3 is 24.4 Å². The van der Waals surface area contributed by atoms with Gasteiger partial charge in [0.1, 0.15) is 28.9 Å². The van der Waals surface area contributed by atoms with E-state index in [1.165, 1.54) is 7.11 Å². The number of fused-ring (bicyclic) bond motifs is 2. The van der Waals surface area contributed by atoms with Crippen LogP contribution in [-0.2, 0) is 15.2 Å². The van der Waals surface area contributed by atoms with E-state index in [-0.39, 0.29) is 11.5 Å². The van der Waals surface area contributed by atoms with E-state index in [1.807, 2.05) is 13.0 Å². The topological polar surface area (TPSA) is 95.5 Å². The van der Waals surface area contributed by atoms with Crippen molar-refractivity contribution in [3.05, 3.63) is 83.4 Å². The Morgan fingerprint density at radius 1 is 1.03 bits per heavy atom. The normalized spacial score (nSPS) is 20.0. The van der Waals surface area contributed by atoms with E-state index < -0.39 is 17.4 Å². The summed E-state index contributed by atoms with van der Waals surface area (Å²) in [6.45, 7) is 2.23. The van der Waals surface area contributed by atoms with Crippen LogP contribution in [0.3, 0.4) is 0 Å². The number of hydrogen-bond donors (Lipinski definition) is 1. The van der Waals surface area contributed by atoms with Crippen molar-refractivity contribution in [2.45, 2.75) is 12.5 Å². The van der Waals surface area contributed by atoms with Gasteiger partial charge in [-0.3, -0.25) is 9.59 Å². The monoisotopic (exact) mass is 472 g/mol. The zero-order chi connectivity index (χ0) is 24.6. The van der Waals surface area contributed by atoms with Gasteiger partial charge in [-0.25, -0.2) is 0 Å². The van der Waals surface area contributed by atoms with Crippen molar-refractivity contribution in [1.29, 1.82) is 0 Å². The second kappa shape index (κ2) is 8.79. The summed E-state index contributed by atoms with van der Waals surface area (Å²) in [6, 6.07) is 19.3. The Morgan fingerprint density at radius 2 is 1.80 bits per heavy atom. The third-order valence-electron chi connectivity index (χ3n) is 6.28. The van der Waals surface area contributed by atoms with Crippen molar-refractivity contribution in [2.24, 2.45) is 11.1 Å². The minimum atomic E-state index is -1.67. The molecule has 0 bridgehead atoms. The first kappa shape index (κ1) is 22.5. The van der Waals surface area contributed by atoms with Crippen LogP contribution in [0.5, 0.6) is 17.2 Å². The minimum Gasteiger partial charge on any atom is -0.497 e. The van der Waals surface area contributed by atoms with Crippen molar-refractivity contribution < 1.29 is 28.6 Å². The Balaban J connectivity index is 1.72. The quantitative estimate of drug-likeness (QED) is 0.519. The van der Waals surface area contributed by atoms with Crippen molar-refractivity contribution in [3.8, 4) is 17.2 Å². The SMILES string of the molecule is CCOc1ccccc1C(=O)[C@H]1C(c2ccc(OC)cc2OC)=NO[C@@]12C(=O)Nc1ccccc12. The maximum Gasteiger partial charge on any atom is 0.277 e. The summed E-state index contributed by atoms with van der Waals surface area (Å²) in [5.74, 6) is -0.475. The number of anilines is 1. The standard InChI is InChI=1S/C27H24N2O6/c1-4-34-21-12-8-5-9-18(21)25(30)23-24(17-14-13-16(32-2)15-22(17)33-3)29-35-27(23)19-10-6-7-11-20(19)28-26(27)31/h5-15,23H,4H2,1-3H3,(H,28,31)/t23-,27-/m1/s1. The summed E-state index contributed by atoms with van der Waals surface area (Å²) in [5.41, 5.74) is 0.589. The van der Waals surface area contributed by atoms with Gasteiger partial charge in [0, 0.05) is 22.9 Å². The molecular weight excluding hydrogens is 448 g/mol. The molecule has 8 heteroatoms. The number of rotatable bonds is 7. The number of benzene rings is 3. The third kappa shape index (κ3) is 3.41. The predicted octanol–water partition coefficient (Wildman–Crippen LogP) is 4.18. The highest BCUT2D eigenvalue weighted by Gasteiger charge is 2.63. The highest BCUT2D eigenvalue weighted by Crippen LogP contribution is 2.51. The maximum absolute atomic E-state index is 14.3. The van der Waals surface area contributed by atoms with Gasteiger partial charge in [-0.2, -0.15) is 0 Å². The van der Waals surface area contributed by atoms with Crippen LogP contribution in [0.4, 0.5) is 5.69 Å². The molecule has 0 radical (unpaired) electrons. The Hall–Kier alpha value is -4.33. The number of Topliss-reactive ketones (excluding diaryl/α,β-unsaturated/α-hetero) is 1. The molecule has 2 aliphatic heterocycles. The van der Waals surface area contributed by atoms with Gasteiger partial charge in [0.2, 0.25) is 0 Å². The van der Waals surface area contributed by atoms with E-state index in [4.69, 9.17) is 19.0 Å². The Bertz CT molecular complexity index is 1350. The molecule has 0 aromatic heterocycles. The van der Waals surface area contributed by atoms with Crippen LogP contribution in [0.15, 0.2) is 71.9 Å². The molecule has 8 nitrogen and oxygen atoms in total. The number of methoxy groups -OCH3 is 2. The van der Waals surface area contributed by atoms with E-state index >= 15 is 0 Å². The van der Waals surface area contributed by atoms with Gasteiger partial charge in [-0.15, -0.1) is 0 Å². The first-order chi connectivity index (χ1) is 17.0. The van der Waals surface area contributed by atoms with Crippen LogP contribution in [0.1, 0.15) is 28.4 Å². The lowest BCUT2D eigenvalue weighted by molar-refractivity contribution is -0.140. The number of nitrogens with zero attached hydrogens (tertiary/aromatic N) is 1. The highest BCUT2D eigenvalue weighted by atomic mass is 16.7. The lowest BCUT2D eigenvalue weighted by Gasteiger charge is -2.27. The Labute approximate surface area is 202 Å². The lowest BCUT2D eigenvalue weighted by atomic mass is 9.74. The van der Waals surface area contributed by atoms with Crippen molar-refractivity contribution in [1.82, 2.24) is 0 Å². The molecule has 2 heterocycles. The van der Waals surface area contributed by atoms with Gasteiger partial charge in [0.15, 0.2) is 5.78 Å². The summed E-state index contributed by atoms with van der Waals surface area (Å²) < 4.78 is 16.6. The molecule has 0 saturated carbocycles. The minimum absolute atomic E-state index is 0.285. The van der Waals surface area contributed by atoms with Gasteiger partial charge in [-0.05, 0) is 37.3 Å². The summed E-state index contributed by atoms with van der Waals surface area (Å²) in [5, 5.41) is 7.18. The fourth-order valence-corrected chi connectivity index (χ4v) is 4.68. The van der Waals surface area contributed by atoms with Crippen molar-refractivity contribution in [2.75, 3.05) is 26.1 Å². The Morgan fingerprint density at radius 3 is 2.57 bits per heavy atom. The molecular formula is C27H24N2O6. The zero-order valence-electron chi connectivity index (χ0n) is 19.5. The second-order valence-corrected chi connectivity index (χ2v) is 8.10. The zero-order valence-corrected chi connectivity index (χ0v) is 19.5. The van der Waals surface area contributed by atoms with E-state index in [0.29, 0.717) is 46.2 Å². The molecule has 2 atom stereocenters. The van der Waals surface area contributed by atoms with Crippen LogP contribution in [-0.4, -0.2) is 38.2 Å². The summed E-state index contributed by atoms with van der Waals surface area (Å²) in [6.07, 6.45) is 0. The van der Waals surface area contributed by atoms with Crippen LogP contribution >= 0.6 is 0 Å². The molecule has 3 aromatic rings. The van der Waals surface area contributed by atoms with E-state index in [1.54, 1.807) is 67.8 Å². The number of oxime groups is 1. The molecule has 1 spiro atoms. The van der Waals surface area contributed by atoms with Gasteiger partial charge in [0.25, 0.3) is 11.5 Å². The first-order valence-electron chi connectivity index (χ1n) is 11.2. The molecule has 3 aromatic carbocycles. The van der Waals surface area contributed by atoms with Crippen LogP contribution in [0.25, 0.3) is 0 Å². The van der Waals surface area contributed by atoms with E-state index in [0.717, 1.165) is 0 Å².